The largest absolute Gasteiger partial charge is 0.458 e. The Bertz CT molecular complexity index is 506. The zero-order valence-electron chi connectivity index (χ0n) is 9.81. The second-order valence-corrected chi connectivity index (χ2v) is 3.94. The Balaban J connectivity index is 2.29. The predicted molar refractivity (Wildman–Crippen MR) is 62.2 cm³/mol. The van der Waals surface area contributed by atoms with Crippen LogP contribution in [0.15, 0.2) is 28.7 Å². The predicted octanol–water partition coefficient (Wildman–Crippen LogP) is 3.03. The van der Waals surface area contributed by atoms with Gasteiger partial charge in [-0.3, -0.25) is 0 Å². The van der Waals surface area contributed by atoms with Crippen LogP contribution in [0.2, 0.25) is 0 Å². The smallest absolute Gasteiger partial charge is 0.137 e. The zero-order chi connectivity index (χ0) is 12.4. The summed E-state index contributed by atoms with van der Waals surface area (Å²) < 4.78 is 23.7. The summed E-state index contributed by atoms with van der Waals surface area (Å²) in [4.78, 5) is 0. The van der Waals surface area contributed by atoms with Crippen LogP contribution in [0.25, 0.3) is 11.0 Å². The zero-order valence-corrected chi connectivity index (χ0v) is 9.81. The molecule has 0 spiro atoms. The molecule has 2 atom stereocenters. The van der Waals surface area contributed by atoms with Crippen LogP contribution in [0, 0.1) is 5.82 Å². The lowest BCUT2D eigenvalue weighted by molar-refractivity contribution is -0.0312. The Hall–Kier alpha value is -1.39. The van der Waals surface area contributed by atoms with E-state index >= 15 is 0 Å². The minimum atomic E-state index is -0.842. The maximum absolute atomic E-state index is 13.0. The number of benzene rings is 1. The molecule has 1 heterocycles. The van der Waals surface area contributed by atoms with E-state index in [2.05, 4.69) is 0 Å². The lowest BCUT2D eigenvalue weighted by Gasteiger charge is -2.16. The molecule has 0 aliphatic rings. The van der Waals surface area contributed by atoms with Gasteiger partial charge in [0.1, 0.15) is 23.3 Å². The van der Waals surface area contributed by atoms with Gasteiger partial charge in [-0.15, -0.1) is 0 Å². The van der Waals surface area contributed by atoms with Crippen LogP contribution in [-0.4, -0.2) is 17.8 Å². The van der Waals surface area contributed by atoms with Crippen molar-refractivity contribution in [3.05, 3.63) is 35.8 Å². The summed E-state index contributed by atoms with van der Waals surface area (Å²) >= 11 is 0. The maximum atomic E-state index is 13.0. The molecule has 0 saturated heterocycles. The topological polar surface area (TPSA) is 42.6 Å². The first-order valence-corrected chi connectivity index (χ1v) is 5.60. The number of hydrogen-bond donors (Lipinski definition) is 1. The first kappa shape index (κ1) is 12.1. The number of aliphatic hydroxyl groups excluding tert-OH is 1. The first-order chi connectivity index (χ1) is 8.11. The quantitative estimate of drug-likeness (QED) is 0.890. The van der Waals surface area contributed by atoms with Gasteiger partial charge in [0.2, 0.25) is 0 Å². The Morgan fingerprint density at radius 2 is 2.18 bits per heavy atom. The van der Waals surface area contributed by atoms with E-state index in [1.54, 1.807) is 19.1 Å². The Morgan fingerprint density at radius 1 is 1.41 bits per heavy atom. The number of furan rings is 1. The standard InChI is InChI=1S/C13H15FO3/c1-3-16-8(2)13(15)12-7-9-6-10(14)4-5-11(9)17-12/h4-8,13,15H,3H2,1-2H3. The summed E-state index contributed by atoms with van der Waals surface area (Å²) in [6, 6.07) is 5.89. The molecule has 3 nitrogen and oxygen atoms in total. The lowest BCUT2D eigenvalue weighted by Crippen LogP contribution is -2.17. The van der Waals surface area contributed by atoms with Crippen molar-refractivity contribution >= 4 is 11.0 Å². The summed E-state index contributed by atoms with van der Waals surface area (Å²) in [5.74, 6) is 0.0729. The third kappa shape index (κ3) is 2.48. The monoisotopic (exact) mass is 238 g/mol. The van der Waals surface area contributed by atoms with Gasteiger partial charge in [0.15, 0.2) is 0 Å². The van der Waals surface area contributed by atoms with Gasteiger partial charge in [0.05, 0.1) is 6.10 Å². The normalized spacial score (nSPS) is 15.1. The van der Waals surface area contributed by atoms with E-state index in [4.69, 9.17) is 9.15 Å². The fourth-order valence-corrected chi connectivity index (χ4v) is 1.77. The average molecular weight is 238 g/mol. The minimum absolute atomic E-state index is 0.322. The summed E-state index contributed by atoms with van der Waals surface area (Å²) in [5.41, 5.74) is 0.559. The van der Waals surface area contributed by atoms with Crippen molar-refractivity contribution in [2.24, 2.45) is 0 Å². The van der Waals surface area contributed by atoms with Gasteiger partial charge in [0.25, 0.3) is 0 Å². The molecule has 0 aliphatic carbocycles. The van der Waals surface area contributed by atoms with Crippen molar-refractivity contribution in [1.29, 1.82) is 0 Å². The molecule has 1 N–H and O–H groups in total. The van der Waals surface area contributed by atoms with Gasteiger partial charge >= 0.3 is 0 Å². The van der Waals surface area contributed by atoms with Crippen LogP contribution in [0.1, 0.15) is 25.7 Å². The Morgan fingerprint density at radius 3 is 2.88 bits per heavy atom. The van der Waals surface area contributed by atoms with Gasteiger partial charge < -0.3 is 14.3 Å². The van der Waals surface area contributed by atoms with Crippen LogP contribution in [-0.2, 0) is 4.74 Å². The molecule has 92 valence electrons. The molecule has 0 radical (unpaired) electrons. The number of rotatable bonds is 4. The fourth-order valence-electron chi connectivity index (χ4n) is 1.77. The Kier molecular flexibility index (Phi) is 3.45. The highest BCUT2D eigenvalue weighted by atomic mass is 19.1. The summed E-state index contributed by atoms with van der Waals surface area (Å²) in [6.07, 6.45) is -1.20. The van der Waals surface area contributed by atoms with E-state index in [0.717, 1.165) is 0 Å². The highest BCUT2D eigenvalue weighted by Gasteiger charge is 2.20. The van der Waals surface area contributed by atoms with E-state index < -0.39 is 6.10 Å². The molecule has 0 fully saturated rings. The third-order valence-corrected chi connectivity index (χ3v) is 2.66. The van der Waals surface area contributed by atoms with Crippen LogP contribution in [0.4, 0.5) is 4.39 Å². The van der Waals surface area contributed by atoms with Gasteiger partial charge in [0, 0.05) is 12.0 Å². The molecule has 17 heavy (non-hydrogen) atoms. The van der Waals surface area contributed by atoms with Gasteiger partial charge in [-0.2, -0.15) is 0 Å². The maximum Gasteiger partial charge on any atom is 0.137 e. The van der Waals surface area contributed by atoms with Crippen LogP contribution < -0.4 is 0 Å². The van der Waals surface area contributed by atoms with Crippen molar-refractivity contribution in [2.45, 2.75) is 26.1 Å². The molecule has 1 aromatic carbocycles. The number of fused-ring (bicyclic) bond motifs is 1. The SMILES string of the molecule is CCOC(C)C(O)c1cc2cc(F)ccc2o1. The molecule has 0 amide bonds. The van der Waals surface area contributed by atoms with Crippen molar-refractivity contribution in [2.75, 3.05) is 6.61 Å². The molecule has 2 rings (SSSR count). The average Bonchev–Trinajstić information content (AvgIpc) is 2.71. The van der Waals surface area contributed by atoms with Gasteiger partial charge in [-0.05, 0) is 38.1 Å². The van der Waals surface area contributed by atoms with Crippen LogP contribution >= 0.6 is 0 Å². The van der Waals surface area contributed by atoms with Crippen LogP contribution in [0.3, 0.4) is 0 Å². The molecular formula is C13H15FO3. The summed E-state index contributed by atoms with van der Waals surface area (Å²) in [5, 5.41) is 10.6. The number of ether oxygens (including phenoxy) is 1. The Labute approximate surface area is 98.8 Å². The lowest BCUT2D eigenvalue weighted by atomic mass is 10.1. The van der Waals surface area contributed by atoms with Crippen molar-refractivity contribution in [3.63, 3.8) is 0 Å². The molecule has 0 saturated carbocycles. The fraction of sp³-hybridized carbons (Fsp3) is 0.385. The number of aliphatic hydroxyl groups is 1. The summed E-state index contributed by atoms with van der Waals surface area (Å²) in [7, 11) is 0. The minimum Gasteiger partial charge on any atom is -0.458 e. The van der Waals surface area contributed by atoms with E-state index in [1.165, 1.54) is 12.1 Å². The van der Waals surface area contributed by atoms with E-state index in [9.17, 15) is 9.50 Å². The highest BCUT2D eigenvalue weighted by Crippen LogP contribution is 2.27. The second-order valence-electron chi connectivity index (χ2n) is 3.94. The molecule has 0 aliphatic heterocycles. The molecule has 1 aromatic heterocycles. The van der Waals surface area contributed by atoms with E-state index in [0.29, 0.717) is 23.3 Å². The van der Waals surface area contributed by atoms with Crippen molar-refractivity contribution < 1.29 is 18.7 Å². The van der Waals surface area contributed by atoms with Crippen molar-refractivity contribution in [3.8, 4) is 0 Å². The third-order valence-electron chi connectivity index (χ3n) is 2.66. The van der Waals surface area contributed by atoms with Gasteiger partial charge in [-0.25, -0.2) is 4.39 Å². The van der Waals surface area contributed by atoms with Crippen molar-refractivity contribution in [1.82, 2.24) is 0 Å². The summed E-state index contributed by atoms with van der Waals surface area (Å²) in [6.45, 7) is 4.15. The van der Waals surface area contributed by atoms with E-state index in [1.807, 2.05) is 6.92 Å². The molecular weight excluding hydrogens is 223 g/mol. The van der Waals surface area contributed by atoms with Crippen LogP contribution in [0.5, 0.6) is 0 Å². The number of hydrogen-bond acceptors (Lipinski definition) is 3. The molecule has 2 unspecified atom stereocenters. The highest BCUT2D eigenvalue weighted by molar-refractivity contribution is 5.77. The number of halogens is 1. The molecule has 4 heteroatoms. The molecule has 2 aromatic rings. The first-order valence-electron chi connectivity index (χ1n) is 5.60. The van der Waals surface area contributed by atoms with E-state index in [-0.39, 0.29) is 11.9 Å². The molecule has 0 bridgehead atoms. The van der Waals surface area contributed by atoms with Gasteiger partial charge in [-0.1, -0.05) is 0 Å². The second kappa shape index (κ2) is 4.85.